The van der Waals surface area contributed by atoms with Crippen molar-refractivity contribution < 1.29 is 0 Å². The Balaban J connectivity index is 0.000000845. The third-order valence-corrected chi connectivity index (χ3v) is 2.59. The van der Waals surface area contributed by atoms with Crippen molar-refractivity contribution in [2.24, 2.45) is 0 Å². The third kappa shape index (κ3) is 2.26. The van der Waals surface area contributed by atoms with Gasteiger partial charge in [0.25, 0.3) is 0 Å². The second-order valence-electron chi connectivity index (χ2n) is 3.42. The van der Waals surface area contributed by atoms with E-state index in [4.69, 9.17) is 0 Å². The molecule has 3 heteroatoms. The van der Waals surface area contributed by atoms with E-state index in [1.165, 1.54) is 24.9 Å². The molecule has 1 aromatic rings. The SMILES string of the molecule is CN1CCCC1c1cccnc1.P. The Hall–Kier alpha value is -0.460. The van der Waals surface area contributed by atoms with Crippen LogP contribution in [0, 0.1) is 0 Å². The molecule has 0 radical (unpaired) electrons. The standard InChI is InChI=1S/C10H14N2.H3P/c1-12-7-3-5-10(12)9-4-2-6-11-8-9;/h2,4,6,8,10H,3,5,7H2,1H3;1H3. The molecule has 2 unspecified atom stereocenters. The highest BCUT2D eigenvalue weighted by Crippen LogP contribution is 2.29. The molecule has 1 aliphatic rings. The molecule has 13 heavy (non-hydrogen) atoms. The summed E-state index contributed by atoms with van der Waals surface area (Å²) in [6.45, 7) is 1.22. The van der Waals surface area contributed by atoms with Crippen molar-refractivity contribution in [1.82, 2.24) is 9.88 Å². The summed E-state index contributed by atoms with van der Waals surface area (Å²) >= 11 is 0. The Morgan fingerprint density at radius 3 is 2.92 bits per heavy atom. The average molecular weight is 196 g/mol. The lowest BCUT2D eigenvalue weighted by Crippen LogP contribution is -2.17. The van der Waals surface area contributed by atoms with Gasteiger partial charge in [-0.15, -0.1) is 0 Å². The van der Waals surface area contributed by atoms with Crippen molar-refractivity contribution in [3.63, 3.8) is 0 Å². The molecule has 0 aromatic carbocycles. The minimum atomic E-state index is 0. The van der Waals surface area contributed by atoms with Crippen LogP contribution >= 0.6 is 9.90 Å². The summed E-state index contributed by atoms with van der Waals surface area (Å²) in [4.78, 5) is 6.54. The first-order valence-corrected chi connectivity index (χ1v) is 4.48. The van der Waals surface area contributed by atoms with Gasteiger partial charge in [0.15, 0.2) is 0 Å². The first kappa shape index (κ1) is 10.6. The maximum atomic E-state index is 4.14. The van der Waals surface area contributed by atoms with E-state index in [1.807, 2.05) is 18.5 Å². The zero-order valence-electron chi connectivity index (χ0n) is 8.11. The van der Waals surface area contributed by atoms with Crippen molar-refractivity contribution in [3.05, 3.63) is 30.1 Å². The first-order valence-electron chi connectivity index (χ1n) is 4.48. The molecule has 0 saturated carbocycles. The van der Waals surface area contributed by atoms with Crippen LogP contribution in [0.5, 0.6) is 0 Å². The summed E-state index contributed by atoms with van der Waals surface area (Å²) in [6.07, 6.45) is 6.41. The van der Waals surface area contributed by atoms with E-state index in [0.717, 1.165) is 0 Å². The topological polar surface area (TPSA) is 16.1 Å². The predicted molar refractivity (Wildman–Crippen MR) is 59.9 cm³/mol. The predicted octanol–water partition coefficient (Wildman–Crippen LogP) is 1.91. The van der Waals surface area contributed by atoms with Gasteiger partial charge in [0.1, 0.15) is 0 Å². The number of aromatic nitrogens is 1. The lowest BCUT2D eigenvalue weighted by molar-refractivity contribution is 0.317. The summed E-state index contributed by atoms with van der Waals surface area (Å²) in [5.74, 6) is 0. The van der Waals surface area contributed by atoms with Gasteiger partial charge in [0, 0.05) is 18.4 Å². The van der Waals surface area contributed by atoms with Gasteiger partial charge < -0.3 is 0 Å². The van der Waals surface area contributed by atoms with Gasteiger partial charge in [-0.1, -0.05) is 6.07 Å². The molecule has 72 valence electrons. The molecule has 2 heterocycles. The van der Waals surface area contributed by atoms with Gasteiger partial charge in [-0.3, -0.25) is 9.88 Å². The number of rotatable bonds is 1. The number of likely N-dealkylation sites (tertiary alicyclic amines) is 1. The first-order chi connectivity index (χ1) is 5.88. The monoisotopic (exact) mass is 196 g/mol. The molecule has 0 spiro atoms. The smallest absolute Gasteiger partial charge is 0.0360 e. The van der Waals surface area contributed by atoms with E-state index in [0.29, 0.717) is 6.04 Å². The summed E-state index contributed by atoms with van der Waals surface area (Å²) in [5.41, 5.74) is 1.36. The summed E-state index contributed by atoms with van der Waals surface area (Å²) in [7, 11) is 2.19. The highest BCUT2D eigenvalue weighted by Gasteiger charge is 2.21. The summed E-state index contributed by atoms with van der Waals surface area (Å²) < 4.78 is 0. The lowest BCUT2D eigenvalue weighted by atomic mass is 10.1. The fraction of sp³-hybridized carbons (Fsp3) is 0.500. The van der Waals surface area contributed by atoms with Gasteiger partial charge in [0.2, 0.25) is 0 Å². The van der Waals surface area contributed by atoms with Crippen LogP contribution in [0.15, 0.2) is 24.5 Å². The summed E-state index contributed by atoms with van der Waals surface area (Å²) in [6, 6.07) is 4.79. The number of hydrogen-bond acceptors (Lipinski definition) is 2. The van der Waals surface area contributed by atoms with Crippen LogP contribution < -0.4 is 0 Å². The van der Waals surface area contributed by atoms with Crippen molar-refractivity contribution in [2.75, 3.05) is 13.6 Å². The molecule has 0 N–H and O–H groups in total. The molecule has 2 atom stereocenters. The maximum Gasteiger partial charge on any atom is 0.0360 e. The van der Waals surface area contributed by atoms with Crippen molar-refractivity contribution in [1.29, 1.82) is 0 Å². The zero-order chi connectivity index (χ0) is 8.39. The van der Waals surface area contributed by atoms with Gasteiger partial charge in [-0.2, -0.15) is 9.90 Å². The van der Waals surface area contributed by atoms with Crippen LogP contribution in [0.3, 0.4) is 0 Å². The molecule has 1 aliphatic heterocycles. The Kier molecular flexibility index (Phi) is 3.83. The van der Waals surface area contributed by atoms with E-state index >= 15 is 0 Å². The van der Waals surface area contributed by atoms with E-state index in [9.17, 15) is 0 Å². The molecule has 1 fully saturated rings. The summed E-state index contributed by atoms with van der Waals surface area (Å²) in [5, 5.41) is 0. The maximum absolute atomic E-state index is 4.14. The fourth-order valence-corrected chi connectivity index (χ4v) is 1.90. The zero-order valence-corrected chi connectivity index (χ0v) is 9.52. The van der Waals surface area contributed by atoms with E-state index in [1.54, 1.807) is 0 Å². The van der Waals surface area contributed by atoms with E-state index in [-0.39, 0.29) is 9.90 Å². The van der Waals surface area contributed by atoms with Crippen LogP contribution in [-0.4, -0.2) is 23.5 Å². The number of nitrogens with zero attached hydrogens (tertiary/aromatic N) is 2. The molecule has 1 aromatic heterocycles. The molecule has 2 nitrogen and oxygen atoms in total. The molecule has 0 aliphatic carbocycles. The molecular formula is C10H17N2P. The Morgan fingerprint density at radius 2 is 2.38 bits per heavy atom. The molecule has 2 rings (SSSR count). The van der Waals surface area contributed by atoms with Crippen molar-refractivity contribution in [3.8, 4) is 0 Å². The molecule has 1 saturated heterocycles. The van der Waals surface area contributed by atoms with Gasteiger partial charge in [0.05, 0.1) is 0 Å². The molecule has 0 amide bonds. The van der Waals surface area contributed by atoms with E-state index < -0.39 is 0 Å². The normalized spacial score (nSPS) is 22.7. The molecular weight excluding hydrogens is 179 g/mol. The van der Waals surface area contributed by atoms with Crippen LogP contribution in [0.2, 0.25) is 0 Å². The largest absolute Gasteiger partial charge is 0.299 e. The highest BCUT2D eigenvalue weighted by atomic mass is 31.0. The lowest BCUT2D eigenvalue weighted by Gasteiger charge is -2.18. The Bertz CT molecular complexity index is 250. The third-order valence-electron chi connectivity index (χ3n) is 2.59. The number of pyridine rings is 1. The second kappa shape index (κ2) is 4.69. The van der Waals surface area contributed by atoms with Crippen molar-refractivity contribution in [2.45, 2.75) is 18.9 Å². The van der Waals surface area contributed by atoms with Crippen LogP contribution in [0.4, 0.5) is 0 Å². The van der Waals surface area contributed by atoms with Gasteiger partial charge >= 0.3 is 0 Å². The van der Waals surface area contributed by atoms with Gasteiger partial charge in [-0.05, 0) is 38.1 Å². The van der Waals surface area contributed by atoms with Crippen molar-refractivity contribution >= 4 is 9.90 Å². The second-order valence-corrected chi connectivity index (χ2v) is 3.42. The van der Waals surface area contributed by atoms with Gasteiger partial charge in [-0.25, -0.2) is 0 Å². The van der Waals surface area contributed by atoms with Crippen LogP contribution in [0.25, 0.3) is 0 Å². The minimum Gasteiger partial charge on any atom is -0.299 e. The highest BCUT2D eigenvalue weighted by molar-refractivity contribution is 6.92. The molecule has 0 bridgehead atoms. The average Bonchev–Trinajstić information content (AvgIpc) is 2.53. The van der Waals surface area contributed by atoms with Crippen LogP contribution in [0.1, 0.15) is 24.4 Å². The Morgan fingerprint density at radius 1 is 1.54 bits per heavy atom. The number of hydrogen-bond donors (Lipinski definition) is 0. The van der Waals surface area contributed by atoms with E-state index in [2.05, 4.69) is 23.0 Å². The fourth-order valence-electron chi connectivity index (χ4n) is 1.90. The Labute approximate surface area is 83.0 Å². The van der Waals surface area contributed by atoms with Crippen LogP contribution in [-0.2, 0) is 0 Å². The quantitative estimate of drug-likeness (QED) is 0.638. The minimum absolute atomic E-state index is 0.